The average Bonchev–Trinajstić information content (AvgIpc) is 3.07. The highest BCUT2D eigenvalue weighted by atomic mass is 79.9. The van der Waals surface area contributed by atoms with Crippen molar-refractivity contribution in [2.45, 2.75) is 17.8 Å². The van der Waals surface area contributed by atoms with Gasteiger partial charge in [0.25, 0.3) is 0 Å². The molecule has 1 fully saturated rings. The molecule has 0 N–H and O–H groups in total. The fraction of sp³-hybridized carbons (Fsp3) is 0.192. The number of anilines is 1. The Morgan fingerprint density at radius 1 is 0.774 bits per heavy atom. The number of benzene rings is 3. The number of hydrogen-bond donors (Lipinski definition) is 0. The minimum absolute atomic E-state index is 0.250. The predicted molar refractivity (Wildman–Crippen MR) is 120 cm³/mol. The van der Waals surface area contributed by atoms with Crippen LogP contribution in [0, 0.1) is 11.8 Å². The van der Waals surface area contributed by atoms with E-state index in [1.54, 1.807) is 12.1 Å². The molecule has 4 nitrogen and oxygen atoms in total. The van der Waals surface area contributed by atoms with Crippen LogP contribution in [-0.2, 0) is 25.2 Å². The van der Waals surface area contributed by atoms with E-state index in [9.17, 15) is 14.4 Å². The maximum absolute atomic E-state index is 13.9. The van der Waals surface area contributed by atoms with Gasteiger partial charge in [0.05, 0.1) is 22.9 Å². The summed E-state index contributed by atoms with van der Waals surface area (Å²) in [6.45, 7) is 2.05. The van der Waals surface area contributed by atoms with Crippen molar-refractivity contribution in [2.75, 3.05) is 4.90 Å². The van der Waals surface area contributed by atoms with E-state index in [0.29, 0.717) is 10.2 Å². The normalized spacial score (nSPS) is 30.1. The maximum Gasteiger partial charge on any atom is 0.239 e. The van der Waals surface area contributed by atoms with Gasteiger partial charge < -0.3 is 4.79 Å². The second-order valence-corrected chi connectivity index (χ2v) is 9.55. The summed E-state index contributed by atoms with van der Waals surface area (Å²) in [6, 6.07) is 22.8. The van der Waals surface area contributed by atoms with E-state index in [1.807, 2.05) is 67.6 Å². The summed E-state index contributed by atoms with van der Waals surface area (Å²) < 4.78 is 0.669. The van der Waals surface area contributed by atoms with Crippen LogP contribution in [0.25, 0.3) is 0 Å². The zero-order chi connectivity index (χ0) is 21.5. The Bertz CT molecular complexity index is 1270. The van der Waals surface area contributed by atoms with Gasteiger partial charge in [0, 0.05) is 9.89 Å². The molecular weight excluding hydrogens is 454 g/mol. The first-order valence-corrected chi connectivity index (χ1v) is 11.1. The molecule has 5 heteroatoms. The van der Waals surface area contributed by atoms with Gasteiger partial charge in [-0.3, -0.25) is 9.59 Å². The summed E-state index contributed by atoms with van der Waals surface area (Å²) in [7, 11) is 0. The first-order valence-electron chi connectivity index (χ1n) is 10.3. The molecule has 1 heterocycles. The number of hydrogen-bond acceptors (Lipinski definition) is 3. The zero-order valence-corrected chi connectivity index (χ0v) is 18.3. The Morgan fingerprint density at radius 3 is 1.81 bits per heavy atom. The summed E-state index contributed by atoms with van der Waals surface area (Å²) >= 11 is 3.49. The fourth-order valence-electron chi connectivity index (χ4n) is 6.33. The van der Waals surface area contributed by atoms with Crippen LogP contribution >= 0.6 is 15.9 Å². The van der Waals surface area contributed by atoms with E-state index in [4.69, 9.17) is 0 Å². The largest absolute Gasteiger partial charge is 0.302 e. The second-order valence-electron chi connectivity index (χ2n) is 8.70. The molecule has 4 aliphatic rings. The van der Waals surface area contributed by atoms with Crippen LogP contribution in [0.2, 0.25) is 0 Å². The Hall–Kier alpha value is -3.05. The van der Waals surface area contributed by atoms with Gasteiger partial charge >= 0.3 is 0 Å². The van der Waals surface area contributed by atoms with Crippen LogP contribution in [0.5, 0.6) is 0 Å². The standard InChI is InChI=1S/C26H18BrNO3/c1-25-15-8-2-4-10-17(15)26(14-29,18-11-5-3-9-16(18)25)22-21(25)23(30)28(24(22)31)20-13-7-6-12-19(20)27/h2-14,21-22H,1H3. The van der Waals surface area contributed by atoms with Gasteiger partial charge in [-0.25, -0.2) is 4.90 Å². The van der Waals surface area contributed by atoms with Crippen LogP contribution in [0.15, 0.2) is 77.3 Å². The van der Waals surface area contributed by atoms with Gasteiger partial charge in [0.15, 0.2) is 0 Å². The van der Waals surface area contributed by atoms with E-state index < -0.39 is 22.7 Å². The van der Waals surface area contributed by atoms with Gasteiger partial charge in [-0.2, -0.15) is 0 Å². The molecule has 3 aromatic carbocycles. The van der Waals surface area contributed by atoms with Crippen LogP contribution in [-0.4, -0.2) is 18.1 Å². The summed E-state index contributed by atoms with van der Waals surface area (Å²) in [4.78, 5) is 42.2. The zero-order valence-electron chi connectivity index (χ0n) is 16.7. The smallest absolute Gasteiger partial charge is 0.239 e. The quantitative estimate of drug-likeness (QED) is 0.411. The summed E-state index contributed by atoms with van der Waals surface area (Å²) in [5, 5.41) is 0. The number of carbonyl (C=O) groups excluding carboxylic acids is 3. The van der Waals surface area contributed by atoms with E-state index in [-0.39, 0.29) is 11.8 Å². The summed E-state index contributed by atoms with van der Waals surface area (Å²) in [5.74, 6) is -2.00. The third-order valence-electron chi connectivity index (χ3n) is 7.56. The van der Waals surface area contributed by atoms with Crippen molar-refractivity contribution >= 4 is 39.7 Å². The molecule has 0 saturated carbocycles. The highest BCUT2D eigenvalue weighted by Crippen LogP contribution is 2.66. The van der Waals surface area contributed by atoms with Crippen molar-refractivity contribution in [3.05, 3.63) is 99.5 Å². The van der Waals surface area contributed by atoms with Gasteiger partial charge in [-0.05, 0) is 50.3 Å². The van der Waals surface area contributed by atoms with Crippen LogP contribution in [0.4, 0.5) is 5.69 Å². The van der Waals surface area contributed by atoms with Crippen molar-refractivity contribution in [3.8, 4) is 0 Å². The highest BCUT2D eigenvalue weighted by molar-refractivity contribution is 9.10. The summed E-state index contributed by atoms with van der Waals surface area (Å²) in [6.07, 6.45) is 0.899. The Morgan fingerprint density at radius 2 is 1.26 bits per heavy atom. The molecule has 7 rings (SSSR count). The van der Waals surface area contributed by atoms with Crippen molar-refractivity contribution in [1.29, 1.82) is 0 Å². The van der Waals surface area contributed by atoms with E-state index in [0.717, 1.165) is 28.5 Å². The Labute approximate surface area is 188 Å². The van der Waals surface area contributed by atoms with Crippen molar-refractivity contribution in [1.82, 2.24) is 0 Å². The lowest BCUT2D eigenvalue weighted by Gasteiger charge is -2.56. The van der Waals surface area contributed by atoms with Crippen molar-refractivity contribution in [2.24, 2.45) is 11.8 Å². The molecule has 0 radical (unpaired) electrons. The molecule has 3 aliphatic carbocycles. The number of nitrogens with zero attached hydrogens (tertiary/aromatic N) is 1. The van der Waals surface area contributed by atoms with Crippen molar-refractivity contribution < 1.29 is 14.4 Å². The third-order valence-corrected chi connectivity index (χ3v) is 8.23. The maximum atomic E-state index is 13.9. The summed E-state index contributed by atoms with van der Waals surface area (Å²) in [5.41, 5.74) is 2.22. The third kappa shape index (κ3) is 1.94. The van der Waals surface area contributed by atoms with Gasteiger partial charge in [-0.1, -0.05) is 67.6 Å². The van der Waals surface area contributed by atoms with E-state index in [2.05, 4.69) is 15.9 Å². The number of halogens is 1. The number of carbonyl (C=O) groups is 3. The Kier molecular flexibility index (Phi) is 3.63. The first-order chi connectivity index (χ1) is 15.0. The topological polar surface area (TPSA) is 54.5 Å². The molecule has 152 valence electrons. The lowest BCUT2D eigenvalue weighted by Crippen LogP contribution is -2.61. The van der Waals surface area contributed by atoms with Gasteiger partial charge in [0.2, 0.25) is 11.8 Å². The first kappa shape index (κ1) is 18.7. The monoisotopic (exact) mass is 471 g/mol. The van der Waals surface area contributed by atoms with Crippen molar-refractivity contribution in [3.63, 3.8) is 0 Å². The highest BCUT2D eigenvalue weighted by Gasteiger charge is 2.72. The molecule has 31 heavy (non-hydrogen) atoms. The number of rotatable bonds is 2. The second kappa shape index (κ2) is 6.01. The molecule has 2 unspecified atom stereocenters. The number of aldehydes is 1. The Balaban J connectivity index is 1.71. The molecule has 2 atom stereocenters. The fourth-order valence-corrected chi connectivity index (χ4v) is 6.80. The molecule has 0 aromatic heterocycles. The minimum atomic E-state index is -1.18. The molecular formula is C26H18BrNO3. The van der Waals surface area contributed by atoms with Crippen LogP contribution in [0.1, 0.15) is 29.2 Å². The van der Waals surface area contributed by atoms with Crippen LogP contribution < -0.4 is 4.90 Å². The lowest BCUT2D eigenvalue weighted by atomic mass is 9.42. The van der Waals surface area contributed by atoms with Crippen LogP contribution in [0.3, 0.4) is 0 Å². The number of amides is 2. The van der Waals surface area contributed by atoms with Gasteiger partial charge in [-0.15, -0.1) is 0 Å². The van der Waals surface area contributed by atoms with Gasteiger partial charge in [0.1, 0.15) is 6.29 Å². The number of imide groups is 1. The average molecular weight is 472 g/mol. The molecule has 2 bridgehead atoms. The molecule has 2 amide bonds. The predicted octanol–water partition coefficient (Wildman–Crippen LogP) is 4.37. The minimum Gasteiger partial charge on any atom is -0.302 e. The van der Waals surface area contributed by atoms with E-state index in [1.165, 1.54) is 4.90 Å². The molecule has 0 spiro atoms. The van der Waals surface area contributed by atoms with E-state index >= 15 is 0 Å². The number of para-hydroxylation sites is 1. The molecule has 1 aliphatic heterocycles. The SMILES string of the molecule is CC12c3ccccc3C(C=O)(c3ccccc31)C1C(=O)N(c3ccccc3Br)C(=O)C12. The molecule has 1 saturated heterocycles. The lowest BCUT2D eigenvalue weighted by molar-refractivity contribution is -0.129. The molecule has 3 aromatic rings.